The Morgan fingerprint density at radius 3 is 1.60 bits per heavy atom. The summed E-state index contributed by atoms with van der Waals surface area (Å²) in [6, 6.07) is 74.4. The highest BCUT2D eigenvalue weighted by atomic mass is 32.2. The van der Waals surface area contributed by atoms with Crippen LogP contribution < -0.4 is 0 Å². The summed E-state index contributed by atoms with van der Waals surface area (Å²) in [6.07, 6.45) is 1.87. The quantitative estimate of drug-likeness (QED) is 0.174. The molecule has 8 aromatic carbocycles. The minimum atomic E-state index is -0.563. The van der Waals surface area contributed by atoms with Crippen molar-refractivity contribution < 1.29 is 0 Å². The Kier molecular flexibility index (Phi) is 8.00. The SMILES string of the molecule is c1ccc(-c2cccc(-c3cc(-c4ccc5c(c4)C4(c6cc(-c7ccc8cccnc8c7)ccc6S5)c5ccccc5-c5ccccc54)nc(-c4ccccc4)n3)c2)cc1. The predicted octanol–water partition coefficient (Wildman–Crippen LogP) is 14.2. The van der Waals surface area contributed by atoms with E-state index < -0.39 is 5.41 Å². The first-order chi connectivity index (χ1) is 29.7. The van der Waals surface area contributed by atoms with Crippen LogP contribution in [0.3, 0.4) is 0 Å². The van der Waals surface area contributed by atoms with Crippen molar-refractivity contribution in [3.8, 4) is 67.3 Å². The number of hydrogen-bond acceptors (Lipinski definition) is 4. The Labute approximate surface area is 353 Å². The standard InChI is InChI=1S/C56H35N3S/c1-3-13-36(14-4-1)39-17-11-18-42(31-39)51-35-52(59-55(58-51)38-15-5-2-6-16-38)43-27-29-54-49(33-43)56(46-22-9-7-20-44(46)45-21-8-10-23-47(45)56)48-32-40(26-28-53(48)60-54)41-25-24-37-19-12-30-57-50(37)34-41/h1-35H. The van der Waals surface area contributed by atoms with Crippen LogP contribution in [-0.2, 0) is 5.41 Å². The summed E-state index contributed by atoms with van der Waals surface area (Å²) < 4.78 is 0. The molecule has 60 heavy (non-hydrogen) atoms. The highest BCUT2D eigenvalue weighted by Crippen LogP contribution is 2.62. The second-order valence-corrected chi connectivity index (χ2v) is 16.6. The van der Waals surface area contributed by atoms with Gasteiger partial charge in [-0.1, -0.05) is 169 Å². The van der Waals surface area contributed by atoms with Crippen LogP contribution in [0.1, 0.15) is 22.3 Å². The molecule has 3 nitrogen and oxygen atoms in total. The normalized spacial score (nSPS) is 13.1. The Morgan fingerprint density at radius 1 is 0.350 bits per heavy atom. The summed E-state index contributed by atoms with van der Waals surface area (Å²) in [7, 11) is 0. The maximum Gasteiger partial charge on any atom is 0.160 e. The van der Waals surface area contributed by atoms with Gasteiger partial charge in [-0.2, -0.15) is 0 Å². The van der Waals surface area contributed by atoms with E-state index in [1.54, 1.807) is 0 Å². The van der Waals surface area contributed by atoms with E-state index in [-0.39, 0.29) is 0 Å². The number of nitrogens with zero attached hydrogens (tertiary/aromatic N) is 3. The number of aromatic nitrogens is 3. The third-order valence-corrected chi connectivity index (χ3v) is 13.3. The Balaban J connectivity index is 1.09. The van der Waals surface area contributed by atoms with Crippen LogP contribution in [0.15, 0.2) is 222 Å². The van der Waals surface area contributed by atoms with Gasteiger partial charge in [0.05, 0.1) is 22.3 Å². The summed E-state index contributed by atoms with van der Waals surface area (Å²) in [5.74, 6) is 0.700. The minimum Gasteiger partial charge on any atom is -0.256 e. The molecule has 1 aliphatic heterocycles. The molecule has 10 aromatic rings. The molecular formula is C56H35N3S. The lowest BCUT2D eigenvalue weighted by molar-refractivity contribution is 0.723. The zero-order valence-corrected chi connectivity index (χ0v) is 33.3. The molecule has 1 spiro atoms. The molecule has 280 valence electrons. The highest BCUT2D eigenvalue weighted by Gasteiger charge is 2.50. The molecule has 12 rings (SSSR count). The largest absolute Gasteiger partial charge is 0.256 e. The van der Waals surface area contributed by atoms with Crippen molar-refractivity contribution in [1.82, 2.24) is 15.0 Å². The number of benzene rings is 8. The predicted molar refractivity (Wildman–Crippen MR) is 246 cm³/mol. The number of hydrogen-bond donors (Lipinski definition) is 0. The third-order valence-electron chi connectivity index (χ3n) is 12.2. The van der Waals surface area contributed by atoms with Crippen molar-refractivity contribution >= 4 is 22.7 Å². The fourth-order valence-electron chi connectivity index (χ4n) is 9.44. The van der Waals surface area contributed by atoms with Crippen LogP contribution in [-0.4, -0.2) is 15.0 Å². The van der Waals surface area contributed by atoms with Gasteiger partial charge in [-0.25, -0.2) is 9.97 Å². The molecule has 2 aliphatic rings. The van der Waals surface area contributed by atoms with Crippen LogP contribution in [0.2, 0.25) is 0 Å². The summed E-state index contributed by atoms with van der Waals surface area (Å²) in [5, 5.41) is 1.14. The fraction of sp³-hybridized carbons (Fsp3) is 0.0179. The maximum atomic E-state index is 5.33. The average molecular weight is 782 g/mol. The van der Waals surface area contributed by atoms with Crippen LogP contribution in [0.4, 0.5) is 0 Å². The Morgan fingerprint density at radius 2 is 0.883 bits per heavy atom. The second-order valence-electron chi connectivity index (χ2n) is 15.6. The molecule has 0 radical (unpaired) electrons. The van der Waals surface area contributed by atoms with Gasteiger partial charge >= 0.3 is 0 Å². The monoisotopic (exact) mass is 781 g/mol. The van der Waals surface area contributed by atoms with Crippen molar-refractivity contribution in [3.05, 3.63) is 235 Å². The molecule has 3 heterocycles. The number of pyridine rings is 1. The van der Waals surface area contributed by atoms with E-state index in [1.165, 1.54) is 54.3 Å². The van der Waals surface area contributed by atoms with E-state index in [2.05, 4.69) is 194 Å². The van der Waals surface area contributed by atoms with Gasteiger partial charge in [-0.3, -0.25) is 4.98 Å². The molecule has 0 saturated carbocycles. The van der Waals surface area contributed by atoms with Gasteiger partial charge in [0.2, 0.25) is 0 Å². The first-order valence-corrected chi connectivity index (χ1v) is 21.1. The molecule has 0 fully saturated rings. The lowest BCUT2D eigenvalue weighted by Crippen LogP contribution is -2.32. The smallest absolute Gasteiger partial charge is 0.160 e. The highest BCUT2D eigenvalue weighted by molar-refractivity contribution is 7.99. The molecule has 2 aromatic heterocycles. The minimum absolute atomic E-state index is 0.563. The molecule has 0 bridgehead atoms. The lowest BCUT2D eigenvalue weighted by Gasteiger charge is -2.40. The summed E-state index contributed by atoms with van der Waals surface area (Å²) in [5.41, 5.74) is 17.6. The Bertz CT molecular complexity index is 3260. The van der Waals surface area contributed by atoms with E-state index in [1.807, 2.05) is 30.1 Å². The molecule has 0 N–H and O–H groups in total. The van der Waals surface area contributed by atoms with Crippen LogP contribution in [0.5, 0.6) is 0 Å². The lowest BCUT2D eigenvalue weighted by atomic mass is 9.66. The van der Waals surface area contributed by atoms with E-state index in [0.29, 0.717) is 5.82 Å². The van der Waals surface area contributed by atoms with Gasteiger partial charge in [-0.05, 0) is 104 Å². The van der Waals surface area contributed by atoms with Crippen molar-refractivity contribution in [2.75, 3.05) is 0 Å². The summed E-state index contributed by atoms with van der Waals surface area (Å²) in [6.45, 7) is 0. The van der Waals surface area contributed by atoms with Gasteiger partial charge in [-0.15, -0.1) is 0 Å². The summed E-state index contributed by atoms with van der Waals surface area (Å²) >= 11 is 1.86. The Hall–Kier alpha value is -7.40. The molecule has 0 atom stereocenters. The van der Waals surface area contributed by atoms with Gasteiger partial charge in [0, 0.05) is 38.1 Å². The fourth-order valence-corrected chi connectivity index (χ4v) is 10.6. The number of fused-ring (bicyclic) bond motifs is 10. The van der Waals surface area contributed by atoms with E-state index in [9.17, 15) is 0 Å². The van der Waals surface area contributed by atoms with Gasteiger partial charge in [0.15, 0.2) is 5.82 Å². The second kappa shape index (κ2) is 13.9. The molecular weight excluding hydrogens is 747 g/mol. The van der Waals surface area contributed by atoms with E-state index in [0.717, 1.165) is 50.1 Å². The van der Waals surface area contributed by atoms with Gasteiger partial charge < -0.3 is 0 Å². The zero-order chi connectivity index (χ0) is 39.6. The molecule has 0 amide bonds. The molecule has 1 aliphatic carbocycles. The third kappa shape index (κ3) is 5.49. The van der Waals surface area contributed by atoms with Crippen molar-refractivity contribution in [2.24, 2.45) is 0 Å². The molecule has 0 unspecified atom stereocenters. The molecule has 0 saturated heterocycles. The van der Waals surface area contributed by atoms with Crippen molar-refractivity contribution in [1.29, 1.82) is 0 Å². The van der Waals surface area contributed by atoms with Crippen LogP contribution in [0, 0.1) is 0 Å². The van der Waals surface area contributed by atoms with Crippen LogP contribution in [0.25, 0.3) is 78.2 Å². The van der Waals surface area contributed by atoms with Crippen molar-refractivity contribution in [2.45, 2.75) is 15.2 Å². The maximum absolute atomic E-state index is 5.33. The first-order valence-electron chi connectivity index (χ1n) is 20.3. The average Bonchev–Trinajstić information content (AvgIpc) is 3.62. The first kappa shape index (κ1) is 34.6. The molecule has 4 heteroatoms. The topological polar surface area (TPSA) is 38.7 Å². The van der Waals surface area contributed by atoms with Gasteiger partial charge in [0.25, 0.3) is 0 Å². The van der Waals surface area contributed by atoms with Crippen LogP contribution >= 0.6 is 11.8 Å². The van der Waals surface area contributed by atoms with Gasteiger partial charge in [0.1, 0.15) is 0 Å². The van der Waals surface area contributed by atoms with E-state index in [4.69, 9.17) is 15.0 Å². The zero-order valence-electron chi connectivity index (χ0n) is 32.5. The summed E-state index contributed by atoms with van der Waals surface area (Å²) in [4.78, 5) is 17.8. The number of rotatable bonds is 5. The van der Waals surface area contributed by atoms with E-state index >= 15 is 0 Å². The van der Waals surface area contributed by atoms with Crippen molar-refractivity contribution in [3.63, 3.8) is 0 Å².